The predicted molar refractivity (Wildman–Crippen MR) is 120 cm³/mol. The number of hydrogen-bond donors (Lipinski definition) is 0. The number of ketones is 1. The van der Waals surface area contributed by atoms with Crippen LogP contribution in [0.3, 0.4) is 0 Å². The molecule has 0 fully saturated rings. The lowest BCUT2D eigenvalue weighted by atomic mass is 9.72. The van der Waals surface area contributed by atoms with Crippen molar-refractivity contribution < 1.29 is 23.8 Å². The first-order valence-electron chi connectivity index (χ1n) is 11.2. The highest BCUT2D eigenvalue weighted by Gasteiger charge is 2.43. The van der Waals surface area contributed by atoms with E-state index in [1.807, 2.05) is 40.7 Å². The van der Waals surface area contributed by atoms with Crippen LogP contribution in [-0.4, -0.2) is 44.3 Å². The van der Waals surface area contributed by atoms with E-state index in [-0.39, 0.29) is 42.2 Å². The zero-order chi connectivity index (χ0) is 22.9. The Morgan fingerprint density at radius 2 is 1.83 bits per heavy atom. The minimum absolute atomic E-state index is 0.0341. The van der Waals surface area contributed by atoms with Crippen LogP contribution in [0.5, 0.6) is 0 Å². The van der Waals surface area contributed by atoms with Gasteiger partial charge >= 0.3 is 5.97 Å². The van der Waals surface area contributed by atoms with E-state index < -0.39 is 11.5 Å². The molecule has 0 radical (unpaired) electrons. The maximum absolute atomic E-state index is 13.4. The number of allylic oxidation sites excluding steroid dienone is 2. The van der Waals surface area contributed by atoms with Crippen LogP contribution in [0.1, 0.15) is 73.6 Å². The van der Waals surface area contributed by atoms with E-state index in [2.05, 4.69) is 19.1 Å². The molecule has 30 heavy (non-hydrogen) atoms. The van der Waals surface area contributed by atoms with Gasteiger partial charge in [-0.2, -0.15) is 0 Å². The molecule has 1 aliphatic heterocycles. The van der Waals surface area contributed by atoms with Gasteiger partial charge in [0.1, 0.15) is 11.9 Å². The Balaban J connectivity index is 3.22. The highest BCUT2D eigenvalue weighted by molar-refractivity contribution is 5.88. The van der Waals surface area contributed by atoms with Gasteiger partial charge in [0, 0.05) is 26.6 Å². The summed E-state index contributed by atoms with van der Waals surface area (Å²) < 4.78 is 17.2. The molecule has 0 bridgehead atoms. The fourth-order valence-electron chi connectivity index (χ4n) is 4.39. The van der Waals surface area contributed by atoms with Gasteiger partial charge in [-0.25, -0.2) is 0 Å². The zero-order valence-electron chi connectivity index (χ0n) is 20.2. The van der Waals surface area contributed by atoms with Gasteiger partial charge in [0.15, 0.2) is 0 Å². The molecule has 0 aliphatic carbocycles. The lowest BCUT2D eigenvalue weighted by Crippen LogP contribution is -2.47. The van der Waals surface area contributed by atoms with Gasteiger partial charge in [-0.3, -0.25) is 9.59 Å². The van der Waals surface area contributed by atoms with Crippen molar-refractivity contribution in [3.8, 4) is 0 Å². The molecule has 1 rings (SSSR count). The summed E-state index contributed by atoms with van der Waals surface area (Å²) in [6.07, 6.45) is 8.84. The number of carbonyl (C=O) groups is 2. The average Bonchev–Trinajstić information content (AvgIpc) is 2.71. The molecule has 5 nitrogen and oxygen atoms in total. The Morgan fingerprint density at radius 1 is 1.17 bits per heavy atom. The van der Waals surface area contributed by atoms with Crippen molar-refractivity contribution >= 4 is 11.8 Å². The molecule has 5 heteroatoms. The van der Waals surface area contributed by atoms with E-state index in [4.69, 9.17) is 14.2 Å². The van der Waals surface area contributed by atoms with E-state index >= 15 is 0 Å². The number of hydrogen-bond acceptors (Lipinski definition) is 5. The highest BCUT2D eigenvalue weighted by Crippen LogP contribution is 2.34. The lowest BCUT2D eigenvalue weighted by Gasteiger charge is -2.37. The van der Waals surface area contributed by atoms with Gasteiger partial charge in [-0.1, -0.05) is 45.9 Å². The summed E-state index contributed by atoms with van der Waals surface area (Å²) >= 11 is 0. The number of carbonyl (C=O) groups excluding carboxylic acids is 2. The van der Waals surface area contributed by atoms with Crippen molar-refractivity contribution in [2.75, 3.05) is 14.2 Å². The van der Waals surface area contributed by atoms with Crippen LogP contribution < -0.4 is 0 Å². The van der Waals surface area contributed by atoms with Crippen molar-refractivity contribution in [3.05, 3.63) is 23.8 Å². The first kappa shape index (κ1) is 26.6. The van der Waals surface area contributed by atoms with E-state index in [9.17, 15) is 9.59 Å². The van der Waals surface area contributed by atoms with Crippen LogP contribution in [0.25, 0.3) is 0 Å². The van der Waals surface area contributed by atoms with Gasteiger partial charge < -0.3 is 14.2 Å². The normalized spacial score (nSPS) is 33.7. The summed E-state index contributed by atoms with van der Waals surface area (Å²) in [5, 5.41) is 0. The van der Waals surface area contributed by atoms with Crippen LogP contribution in [0.4, 0.5) is 0 Å². The largest absolute Gasteiger partial charge is 0.457 e. The standard InChI is InChI=1S/C25H42O5/c1-9-17(2)20-15-13-11-10-12-14-18(3)23(29-8)19(4)24(27)25(5,6)21(28-7)16-22(26)30-20/h9,11,13,18-21,23H,10,12,14-16H2,1-8H3/b13-11-,17-9+. The molecule has 0 N–H and O–H groups in total. The third kappa shape index (κ3) is 7.05. The first-order valence-corrected chi connectivity index (χ1v) is 11.2. The quantitative estimate of drug-likeness (QED) is 0.457. The Kier molecular flexibility index (Phi) is 11.0. The highest BCUT2D eigenvalue weighted by atomic mass is 16.5. The maximum atomic E-state index is 13.4. The van der Waals surface area contributed by atoms with Crippen molar-refractivity contribution in [1.29, 1.82) is 0 Å². The van der Waals surface area contributed by atoms with Gasteiger partial charge in [0.2, 0.25) is 0 Å². The predicted octanol–water partition coefficient (Wildman–Crippen LogP) is 5.28. The van der Waals surface area contributed by atoms with Crippen LogP contribution in [-0.2, 0) is 23.8 Å². The number of ether oxygens (including phenoxy) is 3. The molecule has 5 atom stereocenters. The Morgan fingerprint density at radius 3 is 2.40 bits per heavy atom. The molecular weight excluding hydrogens is 380 g/mol. The molecule has 0 aromatic rings. The molecule has 0 saturated carbocycles. The summed E-state index contributed by atoms with van der Waals surface area (Å²) in [7, 11) is 3.22. The Labute approximate surface area is 183 Å². The number of esters is 1. The smallest absolute Gasteiger partial charge is 0.309 e. The summed E-state index contributed by atoms with van der Waals surface area (Å²) in [5.41, 5.74) is 0.176. The second-order valence-corrected chi connectivity index (χ2v) is 9.13. The topological polar surface area (TPSA) is 61.8 Å². The maximum Gasteiger partial charge on any atom is 0.309 e. The van der Waals surface area contributed by atoms with Crippen molar-refractivity contribution in [1.82, 2.24) is 0 Å². The van der Waals surface area contributed by atoms with Crippen LogP contribution in [0.15, 0.2) is 23.8 Å². The third-order valence-electron chi connectivity index (χ3n) is 6.60. The van der Waals surface area contributed by atoms with Gasteiger partial charge in [0.05, 0.1) is 24.0 Å². The SMILES string of the molecule is C/C=C(\C)C1C/C=C\CCCC(C)C(OC)C(C)C(=O)C(C)(C)C(OC)CC(=O)O1. The molecule has 0 spiro atoms. The number of methoxy groups -OCH3 is 2. The molecule has 1 heterocycles. The minimum atomic E-state index is -0.841. The third-order valence-corrected chi connectivity index (χ3v) is 6.60. The molecule has 0 amide bonds. The summed E-state index contributed by atoms with van der Waals surface area (Å²) in [6.45, 7) is 11.7. The Bertz CT molecular complexity index is 619. The van der Waals surface area contributed by atoms with Gasteiger partial charge in [-0.05, 0) is 44.6 Å². The minimum Gasteiger partial charge on any atom is -0.457 e. The van der Waals surface area contributed by atoms with E-state index in [0.29, 0.717) is 6.42 Å². The number of rotatable bonds is 3. The van der Waals surface area contributed by atoms with E-state index in [0.717, 1.165) is 24.8 Å². The second kappa shape index (κ2) is 12.4. The number of cyclic esters (lactones) is 1. The summed E-state index contributed by atoms with van der Waals surface area (Å²) in [6, 6.07) is 0. The molecule has 172 valence electrons. The van der Waals surface area contributed by atoms with Crippen molar-refractivity contribution in [3.63, 3.8) is 0 Å². The van der Waals surface area contributed by atoms with Crippen molar-refractivity contribution in [2.24, 2.45) is 17.3 Å². The van der Waals surface area contributed by atoms with E-state index in [1.54, 1.807) is 14.2 Å². The molecule has 0 saturated heterocycles. The van der Waals surface area contributed by atoms with Crippen molar-refractivity contribution in [2.45, 2.75) is 92.0 Å². The molecular formula is C25H42O5. The average molecular weight is 423 g/mol. The molecule has 5 unspecified atom stereocenters. The fraction of sp³-hybridized carbons (Fsp3) is 0.760. The fourth-order valence-corrected chi connectivity index (χ4v) is 4.39. The monoisotopic (exact) mass is 422 g/mol. The first-order chi connectivity index (χ1) is 14.1. The second-order valence-electron chi connectivity index (χ2n) is 9.13. The molecule has 0 aromatic heterocycles. The van der Waals surface area contributed by atoms with Crippen LogP contribution in [0, 0.1) is 17.3 Å². The van der Waals surface area contributed by atoms with Crippen LogP contribution >= 0.6 is 0 Å². The summed E-state index contributed by atoms with van der Waals surface area (Å²) in [5.74, 6) is -0.335. The molecule has 0 aromatic carbocycles. The zero-order valence-corrected chi connectivity index (χ0v) is 20.2. The van der Waals surface area contributed by atoms with Gasteiger partial charge in [-0.15, -0.1) is 0 Å². The van der Waals surface area contributed by atoms with E-state index in [1.165, 1.54) is 0 Å². The number of Topliss-reactive ketones (excluding diaryl/α,β-unsaturated/α-hetero) is 1. The lowest BCUT2D eigenvalue weighted by molar-refractivity contribution is -0.156. The molecule has 1 aliphatic rings. The van der Waals surface area contributed by atoms with Gasteiger partial charge in [0.25, 0.3) is 0 Å². The Hall–Kier alpha value is -1.46. The van der Waals surface area contributed by atoms with Crippen LogP contribution in [0.2, 0.25) is 0 Å². The summed E-state index contributed by atoms with van der Waals surface area (Å²) in [4.78, 5) is 26.2.